The maximum atomic E-state index is 12.4. The van der Waals surface area contributed by atoms with Crippen LogP contribution in [0.2, 0.25) is 0 Å². The van der Waals surface area contributed by atoms with E-state index in [9.17, 15) is 14.4 Å². The number of ether oxygens (including phenoxy) is 1. The highest BCUT2D eigenvalue weighted by Crippen LogP contribution is 2.09. The van der Waals surface area contributed by atoms with Gasteiger partial charge in [-0.3, -0.25) is 19.7 Å². The molecule has 0 aliphatic carbocycles. The second kappa shape index (κ2) is 7.69. The van der Waals surface area contributed by atoms with Gasteiger partial charge in [0, 0.05) is 5.56 Å². The first-order valence-electron chi connectivity index (χ1n) is 6.82. The van der Waals surface area contributed by atoms with Gasteiger partial charge in [-0.05, 0) is 12.8 Å². The minimum absolute atomic E-state index is 0.108. The van der Waals surface area contributed by atoms with E-state index < -0.39 is 18.1 Å². The van der Waals surface area contributed by atoms with Gasteiger partial charge in [0.25, 0.3) is 0 Å². The van der Waals surface area contributed by atoms with E-state index in [0.29, 0.717) is 5.56 Å². The zero-order chi connectivity index (χ0) is 16.0. The van der Waals surface area contributed by atoms with Gasteiger partial charge in [-0.15, -0.1) is 0 Å². The van der Waals surface area contributed by atoms with Gasteiger partial charge in [-0.2, -0.15) is 0 Å². The van der Waals surface area contributed by atoms with Gasteiger partial charge in [0.2, 0.25) is 0 Å². The van der Waals surface area contributed by atoms with Gasteiger partial charge in [0.1, 0.15) is 12.1 Å². The summed E-state index contributed by atoms with van der Waals surface area (Å²) < 4.78 is 4.72. The molecule has 1 rings (SSSR count). The molecule has 5 nitrogen and oxygen atoms in total. The van der Waals surface area contributed by atoms with Gasteiger partial charge in [0.15, 0.2) is 11.6 Å². The Morgan fingerprint density at radius 2 is 1.67 bits per heavy atom. The third-order valence-corrected chi connectivity index (χ3v) is 3.20. The van der Waals surface area contributed by atoms with E-state index in [1.165, 1.54) is 14.0 Å². The minimum Gasteiger partial charge on any atom is -0.468 e. The number of rotatable bonds is 7. The summed E-state index contributed by atoms with van der Waals surface area (Å²) in [6.07, 6.45) is 0. The van der Waals surface area contributed by atoms with Crippen LogP contribution in [-0.4, -0.2) is 36.7 Å². The smallest absolute Gasteiger partial charge is 0.323 e. The molecule has 0 aromatic heterocycles. The Morgan fingerprint density at radius 3 is 2.10 bits per heavy atom. The van der Waals surface area contributed by atoms with E-state index in [1.807, 2.05) is 13.8 Å². The number of hydrogen-bond donors (Lipinski definition) is 1. The van der Waals surface area contributed by atoms with Crippen LogP contribution in [0.3, 0.4) is 0 Å². The molecule has 0 fully saturated rings. The first-order valence-corrected chi connectivity index (χ1v) is 6.82. The molecule has 0 heterocycles. The fourth-order valence-electron chi connectivity index (χ4n) is 1.99. The average molecular weight is 291 g/mol. The molecule has 2 atom stereocenters. The summed E-state index contributed by atoms with van der Waals surface area (Å²) >= 11 is 0. The molecule has 1 aromatic carbocycles. The quantitative estimate of drug-likeness (QED) is 0.469. The molecule has 0 radical (unpaired) electrons. The zero-order valence-corrected chi connectivity index (χ0v) is 12.8. The molecule has 1 aromatic rings. The molecule has 1 N–H and O–H groups in total. The lowest BCUT2D eigenvalue weighted by molar-refractivity contribution is -0.144. The Kier molecular flexibility index (Phi) is 6.24. The van der Waals surface area contributed by atoms with Crippen molar-refractivity contribution in [2.45, 2.75) is 32.9 Å². The van der Waals surface area contributed by atoms with Gasteiger partial charge >= 0.3 is 5.97 Å². The molecule has 0 bridgehead atoms. The highest BCUT2D eigenvalue weighted by atomic mass is 16.5. The van der Waals surface area contributed by atoms with Crippen LogP contribution in [0.25, 0.3) is 0 Å². The van der Waals surface area contributed by atoms with E-state index in [4.69, 9.17) is 4.74 Å². The van der Waals surface area contributed by atoms with Crippen molar-refractivity contribution < 1.29 is 19.1 Å². The second-order valence-electron chi connectivity index (χ2n) is 5.19. The number of nitrogens with one attached hydrogen (secondary N) is 1. The molecular formula is C16H21NO4. The first-order chi connectivity index (χ1) is 9.88. The van der Waals surface area contributed by atoms with Crippen LogP contribution in [0.15, 0.2) is 30.3 Å². The Morgan fingerprint density at radius 1 is 1.10 bits per heavy atom. The molecule has 21 heavy (non-hydrogen) atoms. The maximum Gasteiger partial charge on any atom is 0.323 e. The largest absolute Gasteiger partial charge is 0.468 e. The van der Waals surface area contributed by atoms with Crippen molar-refractivity contribution in [1.29, 1.82) is 0 Å². The number of esters is 1. The molecule has 0 amide bonds. The predicted octanol–water partition coefficient (Wildman–Crippen LogP) is 1.61. The Labute approximate surface area is 124 Å². The van der Waals surface area contributed by atoms with Crippen molar-refractivity contribution in [2.24, 2.45) is 5.92 Å². The fraction of sp³-hybridized carbons (Fsp3) is 0.438. The van der Waals surface area contributed by atoms with E-state index >= 15 is 0 Å². The van der Waals surface area contributed by atoms with E-state index in [0.717, 1.165) is 0 Å². The normalized spacial score (nSPS) is 13.6. The lowest BCUT2D eigenvalue weighted by Crippen LogP contribution is -2.53. The predicted molar refractivity (Wildman–Crippen MR) is 79.0 cm³/mol. The highest BCUT2D eigenvalue weighted by Gasteiger charge is 2.32. The molecule has 0 unspecified atom stereocenters. The Hall–Kier alpha value is -2.01. The standard InChI is InChI=1S/C16H21NO4/c1-10(2)13(16(20)21-4)17-14(11(3)18)15(19)12-8-6-5-7-9-12/h5-10,13-14,17H,1-4H3/t13-,14-/m0/s1. The lowest BCUT2D eigenvalue weighted by atomic mass is 9.97. The monoisotopic (exact) mass is 291 g/mol. The summed E-state index contributed by atoms with van der Waals surface area (Å²) in [5.74, 6) is -1.28. The first kappa shape index (κ1) is 17.0. The van der Waals surface area contributed by atoms with Crippen LogP contribution < -0.4 is 5.32 Å². The van der Waals surface area contributed by atoms with Gasteiger partial charge in [-0.1, -0.05) is 44.2 Å². The van der Waals surface area contributed by atoms with Crippen molar-refractivity contribution >= 4 is 17.5 Å². The Balaban J connectivity index is 2.99. The second-order valence-corrected chi connectivity index (χ2v) is 5.19. The number of benzene rings is 1. The topological polar surface area (TPSA) is 72.5 Å². The van der Waals surface area contributed by atoms with E-state index in [1.54, 1.807) is 30.3 Å². The highest BCUT2D eigenvalue weighted by molar-refractivity contribution is 6.13. The number of ketones is 2. The van der Waals surface area contributed by atoms with Crippen molar-refractivity contribution in [2.75, 3.05) is 7.11 Å². The minimum atomic E-state index is -1.06. The molecule has 0 aliphatic heterocycles. The molecular weight excluding hydrogens is 270 g/mol. The SMILES string of the molecule is COC(=O)[C@@H](N[C@@H](C(C)=O)C(=O)c1ccccc1)C(C)C. The number of Topliss-reactive ketones (excluding diaryl/α,β-unsaturated/α-hetero) is 2. The van der Waals surface area contributed by atoms with Crippen LogP contribution in [0, 0.1) is 5.92 Å². The van der Waals surface area contributed by atoms with Gasteiger partial charge in [-0.25, -0.2) is 0 Å². The molecule has 0 saturated heterocycles. The molecule has 0 saturated carbocycles. The Bertz CT molecular complexity index is 510. The van der Waals surface area contributed by atoms with Crippen molar-refractivity contribution in [1.82, 2.24) is 5.32 Å². The van der Waals surface area contributed by atoms with Crippen molar-refractivity contribution in [3.63, 3.8) is 0 Å². The average Bonchev–Trinajstić information content (AvgIpc) is 2.47. The van der Waals surface area contributed by atoms with Crippen LogP contribution in [0.5, 0.6) is 0 Å². The summed E-state index contributed by atoms with van der Waals surface area (Å²) in [4.78, 5) is 36.0. The summed E-state index contributed by atoms with van der Waals surface area (Å²) in [5.41, 5.74) is 0.428. The molecule has 0 aliphatic rings. The molecule has 0 spiro atoms. The van der Waals surface area contributed by atoms with Crippen LogP contribution in [0.4, 0.5) is 0 Å². The summed E-state index contributed by atoms with van der Waals surface area (Å²) in [7, 11) is 1.28. The van der Waals surface area contributed by atoms with Crippen LogP contribution in [0.1, 0.15) is 31.1 Å². The number of carbonyl (C=O) groups excluding carboxylic acids is 3. The zero-order valence-electron chi connectivity index (χ0n) is 12.8. The maximum absolute atomic E-state index is 12.4. The fourth-order valence-corrected chi connectivity index (χ4v) is 1.99. The van der Waals surface area contributed by atoms with Crippen molar-refractivity contribution in [3.8, 4) is 0 Å². The number of carbonyl (C=O) groups is 3. The van der Waals surface area contributed by atoms with Gasteiger partial charge in [0.05, 0.1) is 7.11 Å². The summed E-state index contributed by atoms with van der Waals surface area (Å²) in [5, 5.41) is 2.83. The van der Waals surface area contributed by atoms with Crippen LogP contribution in [-0.2, 0) is 14.3 Å². The summed E-state index contributed by atoms with van der Waals surface area (Å²) in [6.45, 7) is 4.96. The van der Waals surface area contributed by atoms with E-state index in [2.05, 4.69) is 5.32 Å². The third kappa shape index (κ3) is 4.49. The number of methoxy groups -OCH3 is 1. The third-order valence-electron chi connectivity index (χ3n) is 3.20. The lowest BCUT2D eigenvalue weighted by Gasteiger charge is -2.24. The van der Waals surface area contributed by atoms with Crippen LogP contribution >= 0.6 is 0 Å². The number of hydrogen-bond acceptors (Lipinski definition) is 5. The van der Waals surface area contributed by atoms with Crippen molar-refractivity contribution in [3.05, 3.63) is 35.9 Å². The van der Waals surface area contributed by atoms with E-state index in [-0.39, 0.29) is 17.5 Å². The molecule has 5 heteroatoms. The van der Waals surface area contributed by atoms with Gasteiger partial charge < -0.3 is 4.74 Å². The summed E-state index contributed by atoms with van der Waals surface area (Å²) in [6, 6.07) is 6.76. The molecule has 114 valence electrons.